The molecule has 2 aromatic rings. The zero-order valence-electron chi connectivity index (χ0n) is 11.4. The molecule has 0 amide bonds. The summed E-state index contributed by atoms with van der Waals surface area (Å²) in [4.78, 5) is 12.0. The molecule has 0 aliphatic carbocycles. The van der Waals surface area contributed by atoms with Crippen LogP contribution in [0.15, 0.2) is 79.4 Å². The van der Waals surface area contributed by atoms with Crippen LogP contribution in [0.1, 0.15) is 23.5 Å². The SMILES string of the molecule is C=CC(CC(=O)/C=C/c1ccccc1)c1ccccc1. The molecule has 0 saturated heterocycles. The molecule has 2 aromatic carbocycles. The Balaban J connectivity index is 2.00. The molecule has 2 rings (SSSR count). The van der Waals surface area contributed by atoms with Crippen molar-refractivity contribution < 1.29 is 4.79 Å². The van der Waals surface area contributed by atoms with E-state index in [4.69, 9.17) is 0 Å². The molecule has 100 valence electrons. The number of benzene rings is 2. The Morgan fingerprint density at radius 1 is 1.00 bits per heavy atom. The molecule has 0 bridgehead atoms. The van der Waals surface area contributed by atoms with Gasteiger partial charge in [-0.3, -0.25) is 4.79 Å². The normalized spacial score (nSPS) is 12.2. The third-order valence-electron chi connectivity index (χ3n) is 3.19. The van der Waals surface area contributed by atoms with Gasteiger partial charge in [0.2, 0.25) is 0 Å². The molecule has 1 nitrogen and oxygen atoms in total. The monoisotopic (exact) mass is 262 g/mol. The molecule has 0 N–H and O–H groups in total. The van der Waals surface area contributed by atoms with Crippen LogP contribution in [-0.4, -0.2) is 5.78 Å². The van der Waals surface area contributed by atoms with E-state index in [-0.39, 0.29) is 11.7 Å². The predicted octanol–water partition coefficient (Wildman–Crippen LogP) is 4.63. The molecule has 20 heavy (non-hydrogen) atoms. The summed E-state index contributed by atoms with van der Waals surface area (Å²) in [7, 11) is 0. The van der Waals surface area contributed by atoms with Gasteiger partial charge in [0.15, 0.2) is 5.78 Å². The number of carbonyl (C=O) groups is 1. The number of hydrogen-bond donors (Lipinski definition) is 0. The second-order valence-corrected chi connectivity index (χ2v) is 4.67. The smallest absolute Gasteiger partial charge is 0.156 e. The number of carbonyl (C=O) groups excluding carboxylic acids is 1. The summed E-state index contributed by atoms with van der Waals surface area (Å²) in [6, 6.07) is 19.8. The Hall–Kier alpha value is -2.41. The van der Waals surface area contributed by atoms with Crippen LogP contribution in [0, 0.1) is 0 Å². The minimum Gasteiger partial charge on any atom is -0.295 e. The van der Waals surface area contributed by atoms with E-state index >= 15 is 0 Å². The quantitative estimate of drug-likeness (QED) is 0.548. The Labute approximate surface area is 120 Å². The lowest BCUT2D eigenvalue weighted by atomic mass is 9.93. The van der Waals surface area contributed by atoms with Crippen LogP contribution in [0.2, 0.25) is 0 Å². The Morgan fingerprint density at radius 2 is 1.60 bits per heavy atom. The van der Waals surface area contributed by atoms with Gasteiger partial charge in [0, 0.05) is 12.3 Å². The van der Waals surface area contributed by atoms with Crippen molar-refractivity contribution in [3.63, 3.8) is 0 Å². The van der Waals surface area contributed by atoms with E-state index in [0.29, 0.717) is 6.42 Å². The lowest BCUT2D eigenvalue weighted by Gasteiger charge is -2.10. The van der Waals surface area contributed by atoms with Gasteiger partial charge in [-0.2, -0.15) is 0 Å². The molecular formula is C19H18O. The van der Waals surface area contributed by atoms with Crippen LogP contribution in [0.4, 0.5) is 0 Å². The third-order valence-corrected chi connectivity index (χ3v) is 3.19. The van der Waals surface area contributed by atoms with E-state index in [1.807, 2.05) is 72.8 Å². The second kappa shape index (κ2) is 7.25. The zero-order chi connectivity index (χ0) is 14.2. The van der Waals surface area contributed by atoms with Gasteiger partial charge < -0.3 is 0 Å². The first-order valence-corrected chi connectivity index (χ1v) is 6.73. The number of ketones is 1. The first-order chi connectivity index (χ1) is 9.79. The van der Waals surface area contributed by atoms with Crippen LogP contribution in [0.25, 0.3) is 6.08 Å². The Bertz CT molecular complexity index is 582. The van der Waals surface area contributed by atoms with Gasteiger partial charge in [-0.15, -0.1) is 6.58 Å². The summed E-state index contributed by atoms with van der Waals surface area (Å²) >= 11 is 0. The molecule has 0 aliphatic rings. The third kappa shape index (κ3) is 4.06. The molecule has 0 heterocycles. The van der Waals surface area contributed by atoms with Crippen molar-refractivity contribution in [2.75, 3.05) is 0 Å². The Kier molecular flexibility index (Phi) is 5.08. The molecule has 1 heteroatoms. The predicted molar refractivity (Wildman–Crippen MR) is 84.5 cm³/mol. The highest BCUT2D eigenvalue weighted by atomic mass is 16.1. The van der Waals surface area contributed by atoms with Crippen LogP contribution < -0.4 is 0 Å². The maximum absolute atomic E-state index is 12.0. The van der Waals surface area contributed by atoms with E-state index in [9.17, 15) is 4.79 Å². The van der Waals surface area contributed by atoms with Crippen LogP contribution in [0.3, 0.4) is 0 Å². The van der Waals surface area contributed by atoms with E-state index < -0.39 is 0 Å². The van der Waals surface area contributed by atoms with Gasteiger partial charge in [0.25, 0.3) is 0 Å². The lowest BCUT2D eigenvalue weighted by Crippen LogP contribution is -2.02. The Morgan fingerprint density at radius 3 is 2.20 bits per heavy atom. The van der Waals surface area contributed by atoms with Crippen LogP contribution in [-0.2, 0) is 4.79 Å². The van der Waals surface area contributed by atoms with Gasteiger partial charge in [-0.1, -0.05) is 72.8 Å². The van der Waals surface area contributed by atoms with Gasteiger partial charge >= 0.3 is 0 Å². The molecule has 0 saturated carbocycles. The number of hydrogen-bond acceptors (Lipinski definition) is 1. The highest BCUT2D eigenvalue weighted by Crippen LogP contribution is 2.21. The molecular weight excluding hydrogens is 244 g/mol. The zero-order valence-corrected chi connectivity index (χ0v) is 11.4. The summed E-state index contributed by atoms with van der Waals surface area (Å²) in [6.07, 6.45) is 5.79. The molecule has 0 fully saturated rings. The fourth-order valence-electron chi connectivity index (χ4n) is 2.08. The van der Waals surface area contributed by atoms with Gasteiger partial charge in [0.1, 0.15) is 0 Å². The highest BCUT2D eigenvalue weighted by molar-refractivity contribution is 5.94. The maximum atomic E-state index is 12.0. The maximum Gasteiger partial charge on any atom is 0.156 e. The molecule has 0 aromatic heterocycles. The highest BCUT2D eigenvalue weighted by Gasteiger charge is 2.10. The van der Waals surface area contributed by atoms with Gasteiger partial charge in [-0.25, -0.2) is 0 Å². The fraction of sp³-hybridized carbons (Fsp3) is 0.105. The first kappa shape index (κ1) is 14.0. The summed E-state index contributed by atoms with van der Waals surface area (Å²) in [6.45, 7) is 3.83. The molecule has 1 atom stereocenters. The van der Waals surface area contributed by atoms with Crippen molar-refractivity contribution >= 4 is 11.9 Å². The van der Waals surface area contributed by atoms with Crippen molar-refractivity contribution in [2.24, 2.45) is 0 Å². The largest absolute Gasteiger partial charge is 0.295 e. The average Bonchev–Trinajstić information content (AvgIpc) is 2.52. The minimum absolute atomic E-state index is 0.0733. The summed E-state index contributed by atoms with van der Waals surface area (Å²) in [5, 5.41) is 0. The molecule has 1 unspecified atom stereocenters. The average molecular weight is 262 g/mol. The fourth-order valence-corrected chi connectivity index (χ4v) is 2.08. The number of allylic oxidation sites excluding steroid dienone is 2. The van der Waals surface area contributed by atoms with E-state index in [1.54, 1.807) is 6.08 Å². The second-order valence-electron chi connectivity index (χ2n) is 4.67. The topological polar surface area (TPSA) is 17.1 Å². The van der Waals surface area contributed by atoms with Crippen LogP contribution >= 0.6 is 0 Å². The van der Waals surface area contributed by atoms with E-state index in [2.05, 4.69) is 6.58 Å². The van der Waals surface area contributed by atoms with Gasteiger partial charge in [-0.05, 0) is 17.2 Å². The first-order valence-electron chi connectivity index (χ1n) is 6.73. The van der Waals surface area contributed by atoms with E-state index in [0.717, 1.165) is 11.1 Å². The molecule has 0 aliphatic heterocycles. The standard InChI is InChI=1S/C19H18O/c1-2-17(18-11-7-4-8-12-18)15-19(20)14-13-16-9-5-3-6-10-16/h2-14,17H,1,15H2/b14-13+. The van der Waals surface area contributed by atoms with Crippen molar-refractivity contribution in [1.29, 1.82) is 0 Å². The lowest BCUT2D eigenvalue weighted by molar-refractivity contribution is -0.114. The minimum atomic E-state index is 0.0733. The summed E-state index contributed by atoms with van der Waals surface area (Å²) < 4.78 is 0. The van der Waals surface area contributed by atoms with Crippen molar-refractivity contribution in [1.82, 2.24) is 0 Å². The van der Waals surface area contributed by atoms with Crippen molar-refractivity contribution in [3.8, 4) is 0 Å². The van der Waals surface area contributed by atoms with Crippen molar-refractivity contribution in [2.45, 2.75) is 12.3 Å². The van der Waals surface area contributed by atoms with Gasteiger partial charge in [0.05, 0.1) is 0 Å². The summed E-state index contributed by atoms with van der Waals surface area (Å²) in [5.74, 6) is 0.187. The van der Waals surface area contributed by atoms with Crippen LogP contribution in [0.5, 0.6) is 0 Å². The molecule has 0 radical (unpaired) electrons. The number of rotatable bonds is 6. The molecule has 0 spiro atoms. The van der Waals surface area contributed by atoms with E-state index in [1.165, 1.54) is 0 Å². The van der Waals surface area contributed by atoms with Crippen molar-refractivity contribution in [3.05, 3.63) is 90.5 Å². The summed E-state index contributed by atoms with van der Waals surface area (Å²) in [5.41, 5.74) is 2.17.